The Morgan fingerprint density at radius 1 is 1.60 bits per heavy atom. The molecular weight excluding hydrogens is 282 g/mol. The minimum absolute atomic E-state index is 0.00326. The van der Waals surface area contributed by atoms with Crippen molar-refractivity contribution in [2.75, 3.05) is 5.73 Å². The molecule has 2 heterocycles. The van der Waals surface area contributed by atoms with Gasteiger partial charge in [0.15, 0.2) is 11.8 Å². The molecule has 0 spiro atoms. The van der Waals surface area contributed by atoms with Crippen LogP contribution in [0.5, 0.6) is 0 Å². The highest BCUT2D eigenvalue weighted by Gasteiger charge is 2.26. The topological polar surface area (TPSA) is 86.8 Å². The number of ether oxygens (including phenoxy) is 1. The van der Waals surface area contributed by atoms with Crippen LogP contribution in [0.1, 0.15) is 49.5 Å². The molecule has 0 bridgehead atoms. The van der Waals surface area contributed by atoms with Crippen molar-refractivity contribution in [2.45, 2.75) is 39.4 Å². The molecule has 1 aromatic rings. The summed E-state index contributed by atoms with van der Waals surface area (Å²) in [6, 6.07) is 1.59. The molecular formula is C13H16ClN3O3. The van der Waals surface area contributed by atoms with Crippen LogP contribution in [0.25, 0.3) is 0 Å². The summed E-state index contributed by atoms with van der Waals surface area (Å²) >= 11 is 6.02. The highest BCUT2D eigenvalue weighted by atomic mass is 35.5. The molecule has 2 rings (SSSR count). The van der Waals surface area contributed by atoms with E-state index in [1.54, 1.807) is 19.9 Å². The second-order valence-electron chi connectivity index (χ2n) is 4.88. The van der Waals surface area contributed by atoms with Gasteiger partial charge < -0.3 is 15.3 Å². The van der Waals surface area contributed by atoms with E-state index in [1.165, 1.54) is 0 Å². The molecule has 1 aromatic heterocycles. The van der Waals surface area contributed by atoms with E-state index in [2.05, 4.69) is 10.1 Å². The fraction of sp³-hybridized carbons (Fsp3) is 0.462. The molecule has 108 valence electrons. The van der Waals surface area contributed by atoms with Crippen molar-refractivity contribution in [3.05, 3.63) is 22.5 Å². The van der Waals surface area contributed by atoms with E-state index in [0.717, 1.165) is 5.71 Å². The second-order valence-corrected chi connectivity index (χ2v) is 5.26. The molecule has 1 aliphatic rings. The van der Waals surface area contributed by atoms with Crippen molar-refractivity contribution in [3.63, 3.8) is 0 Å². The first kappa shape index (κ1) is 14.6. The lowest BCUT2D eigenvalue weighted by molar-refractivity contribution is 0.0368. The zero-order chi connectivity index (χ0) is 14.9. The Kier molecular flexibility index (Phi) is 4.13. The van der Waals surface area contributed by atoms with Crippen LogP contribution < -0.4 is 5.73 Å². The standard InChI is InChI=1S/C13H16ClN3O3/c1-6(2)19-13(18)12-11(14)8(15)5-9(16-12)10-4-7(3)17-20-10/h5-6,10H,4H2,1-3H3,(H2,15,16). The number of halogens is 1. The largest absolute Gasteiger partial charge is 0.458 e. The summed E-state index contributed by atoms with van der Waals surface area (Å²) in [6.07, 6.45) is -0.00838. The predicted molar refractivity (Wildman–Crippen MR) is 75.8 cm³/mol. The van der Waals surface area contributed by atoms with E-state index in [9.17, 15) is 4.79 Å². The van der Waals surface area contributed by atoms with E-state index in [0.29, 0.717) is 12.1 Å². The summed E-state index contributed by atoms with van der Waals surface area (Å²) in [7, 11) is 0. The van der Waals surface area contributed by atoms with Crippen LogP contribution in [0.15, 0.2) is 11.2 Å². The number of nitrogens with two attached hydrogens (primary N) is 1. The van der Waals surface area contributed by atoms with Gasteiger partial charge in [-0.05, 0) is 26.8 Å². The van der Waals surface area contributed by atoms with Gasteiger partial charge in [0.25, 0.3) is 0 Å². The summed E-state index contributed by atoms with van der Waals surface area (Å²) in [6.45, 7) is 5.35. The number of hydrogen-bond acceptors (Lipinski definition) is 6. The van der Waals surface area contributed by atoms with Crippen LogP contribution in [0.2, 0.25) is 5.02 Å². The van der Waals surface area contributed by atoms with Gasteiger partial charge in [-0.15, -0.1) is 0 Å². The average Bonchev–Trinajstić information content (AvgIpc) is 2.78. The van der Waals surface area contributed by atoms with Crippen LogP contribution in [-0.2, 0) is 9.57 Å². The quantitative estimate of drug-likeness (QED) is 0.867. The van der Waals surface area contributed by atoms with Crippen molar-refractivity contribution in [3.8, 4) is 0 Å². The summed E-state index contributed by atoms with van der Waals surface area (Å²) < 4.78 is 5.10. The Morgan fingerprint density at radius 2 is 2.30 bits per heavy atom. The number of oxime groups is 1. The number of esters is 1. The summed E-state index contributed by atoms with van der Waals surface area (Å²) in [5.74, 6) is -0.603. The Morgan fingerprint density at radius 3 is 2.85 bits per heavy atom. The maximum absolute atomic E-state index is 12.0. The number of hydrogen-bond donors (Lipinski definition) is 1. The van der Waals surface area contributed by atoms with E-state index in [1.807, 2.05) is 6.92 Å². The summed E-state index contributed by atoms with van der Waals surface area (Å²) in [5, 5.41) is 3.95. The summed E-state index contributed by atoms with van der Waals surface area (Å²) in [4.78, 5) is 21.4. The van der Waals surface area contributed by atoms with Gasteiger partial charge in [-0.3, -0.25) is 0 Å². The summed E-state index contributed by atoms with van der Waals surface area (Å²) in [5.41, 5.74) is 7.46. The zero-order valence-corrected chi connectivity index (χ0v) is 12.3. The van der Waals surface area contributed by atoms with Gasteiger partial charge in [0.05, 0.1) is 28.2 Å². The van der Waals surface area contributed by atoms with Crippen molar-refractivity contribution in [1.29, 1.82) is 0 Å². The molecule has 6 nitrogen and oxygen atoms in total. The zero-order valence-electron chi connectivity index (χ0n) is 11.5. The van der Waals surface area contributed by atoms with Gasteiger partial charge in [0.1, 0.15) is 0 Å². The molecule has 0 aromatic carbocycles. The van der Waals surface area contributed by atoms with Gasteiger partial charge in [0, 0.05) is 6.42 Å². The first-order valence-electron chi connectivity index (χ1n) is 6.24. The maximum atomic E-state index is 12.0. The van der Waals surface area contributed by atoms with Gasteiger partial charge in [-0.25, -0.2) is 9.78 Å². The van der Waals surface area contributed by atoms with Crippen LogP contribution >= 0.6 is 11.6 Å². The molecule has 0 radical (unpaired) electrons. The molecule has 0 amide bonds. The van der Waals surface area contributed by atoms with Crippen molar-refractivity contribution in [1.82, 2.24) is 4.98 Å². The molecule has 0 saturated carbocycles. The lowest BCUT2D eigenvalue weighted by Gasteiger charge is -2.13. The molecule has 0 aliphatic carbocycles. The SMILES string of the molecule is CC1=NOC(c2cc(N)c(Cl)c(C(=O)OC(C)C)n2)C1. The number of carbonyl (C=O) groups excluding carboxylic acids is 1. The number of nitrogens with zero attached hydrogens (tertiary/aromatic N) is 2. The number of rotatable bonds is 3. The average molecular weight is 298 g/mol. The maximum Gasteiger partial charge on any atom is 0.358 e. The number of pyridine rings is 1. The fourth-order valence-corrected chi connectivity index (χ4v) is 1.97. The number of carbonyl (C=O) groups is 1. The van der Waals surface area contributed by atoms with E-state index < -0.39 is 5.97 Å². The van der Waals surface area contributed by atoms with Crippen molar-refractivity contribution < 1.29 is 14.4 Å². The van der Waals surface area contributed by atoms with Crippen LogP contribution in [0.3, 0.4) is 0 Å². The molecule has 1 unspecified atom stereocenters. The molecule has 2 N–H and O–H groups in total. The molecule has 0 saturated heterocycles. The lowest BCUT2D eigenvalue weighted by atomic mass is 10.1. The van der Waals surface area contributed by atoms with E-state index >= 15 is 0 Å². The third kappa shape index (κ3) is 3.01. The highest BCUT2D eigenvalue weighted by molar-refractivity contribution is 6.35. The molecule has 1 aliphatic heterocycles. The van der Waals surface area contributed by atoms with Crippen molar-refractivity contribution >= 4 is 29.0 Å². The van der Waals surface area contributed by atoms with Crippen LogP contribution in [0, 0.1) is 0 Å². The van der Waals surface area contributed by atoms with Gasteiger partial charge in [-0.1, -0.05) is 16.8 Å². The third-order valence-corrected chi connectivity index (χ3v) is 3.09. The number of anilines is 1. The Balaban J connectivity index is 2.32. The monoisotopic (exact) mass is 297 g/mol. The minimum Gasteiger partial charge on any atom is -0.458 e. The first-order valence-corrected chi connectivity index (χ1v) is 6.62. The predicted octanol–water partition coefficient (Wildman–Crippen LogP) is 2.72. The number of nitrogen functional groups attached to an aromatic ring is 1. The fourth-order valence-electron chi connectivity index (χ4n) is 1.79. The minimum atomic E-state index is -0.603. The Labute approximate surface area is 121 Å². The van der Waals surface area contributed by atoms with Crippen molar-refractivity contribution in [2.24, 2.45) is 5.16 Å². The van der Waals surface area contributed by atoms with E-state index in [-0.39, 0.29) is 28.6 Å². The molecule has 1 atom stereocenters. The van der Waals surface area contributed by atoms with E-state index in [4.69, 9.17) is 26.9 Å². The third-order valence-electron chi connectivity index (χ3n) is 2.69. The van der Waals surface area contributed by atoms with Crippen LogP contribution in [-0.4, -0.2) is 22.8 Å². The first-order chi connectivity index (χ1) is 9.38. The van der Waals surface area contributed by atoms with Gasteiger partial charge >= 0.3 is 5.97 Å². The number of aromatic nitrogens is 1. The van der Waals surface area contributed by atoms with Gasteiger partial charge in [-0.2, -0.15) is 0 Å². The van der Waals surface area contributed by atoms with Gasteiger partial charge in [0.2, 0.25) is 0 Å². The Hall–Kier alpha value is -1.82. The molecule has 20 heavy (non-hydrogen) atoms. The lowest BCUT2D eigenvalue weighted by Crippen LogP contribution is -2.16. The highest BCUT2D eigenvalue weighted by Crippen LogP contribution is 2.31. The van der Waals surface area contributed by atoms with Crippen LogP contribution in [0.4, 0.5) is 5.69 Å². The second kappa shape index (κ2) is 5.66. The molecule has 7 heteroatoms. The normalized spacial score (nSPS) is 17.9. The smallest absolute Gasteiger partial charge is 0.358 e. The Bertz CT molecular complexity index is 572. The molecule has 0 fully saturated rings.